The fourth-order valence-electron chi connectivity index (χ4n) is 4.13. The minimum atomic E-state index is -0.240. The first-order valence-corrected chi connectivity index (χ1v) is 12.9. The summed E-state index contributed by atoms with van der Waals surface area (Å²) in [5.74, 6) is -0.240. The predicted molar refractivity (Wildman–Crippen MR) is 136 cm³/mol. The number of hydrogen-bond donors (Lipinski definition) is 1. The van der Waals surface area contributed by atoms with E-state index in [-0.39, 0.29) is 18.2 Å². The Morgan fingerprint density at radius 3 is 3.03 bits per heavy atom. The average molecular weight is 522 g/mol. The maximum Gasteiger partial charge on any atom is 0.271 e. The number of benzene rings is 1. The summed E-state index contributed by atoms with van der Waals surface area (Å²) < 4.78 is 9.49. The molecule has 5 rings (SSSR count). The second kappa shape index (κ2) is 10.6. The van der Waals surface area contributed by atoms with Crippen molar-refractivity contribution in [2.45, 2.75) is 45.0 Å². The van der Waals surface area contributed by atoms with Crippen molar-refractivity contribution in [1.82, 2.24) is 29.9 Å². The number of carbonyl (C=O) groups is 1. The highest BCUT2D eigenvalue weighted by Gasteiger charge is 2.22. The third-order valence-corrected chi connectivity index (χ3v) is 7.10. The standard InChI is InChI=1S/C25H24ClN7O2S/c1-16(14-32-10-8-20(31-32)17-5-6-18(13-27)19(26)12-17)29-24(34)21-15-36-25(30-21)22-7-9-28-33(22)23-4-2-3-11-35-23/h5-10,12,15-16,23H,2-4,11,14H2,1H3,(H,29,34)/t16?,23-/m0/s1. The molecule has 3 aromatic heterocycles. The number of nitriles is 1. The molecule has 11 heteroatoms. The fraction of sp³-hybridized carbons (Fsp3) is 0.320. The molecule has 1 amide bonds. The lowest BCUT2D eigenvalue weighted by atomic mass is 10.1. The molecule has 0 bridgehead atoms. The number of nitrogens with one attached hydrogen (secondary N) is 1. The van der Waals surface area contributed by atoms with Crippen LogP contribution in [0.5, 0.6) is 0 Å². The van der Waals surface area contributed by atoms with Crippen LogP contribution in [0.3, 0.4) is 0 Å². The third-order valence-electron chi connectivity index (χ3n) is 5.92. The van der Waals surface area contributed by atoms with Gasteiger partial charge in [0.15, 0.2) is 6.23 Å². The van der Waals surface area contributed by atoms with Gasteiger partial charge in [-0.05, 0) is 50.5 Å². The first-order valence-electron chi connectivity index (χ1n) is 11.7. The third kappa shape index (κ3) is 5.18. The predicted octanol–water partition coefficient (Wildman–Crippen LogP) is 4.91. The number of hydrogen-bond acceptors (Lipinski definition) is 7. The molecular weight excluding hydrogens is 498 g/mol. The SMILES string of the molecule is CC(Cn1ccc(-c2ccc(C#N)c(Cl)c2)n1)NC(=O)c1csc(-c2ccnn2[C@@H]2CCCCO2)n1. The molecule has 1 aromatic carbocycles. The van der Waals surface area contributed by atoms with Gasteiger partial charge in [-0.2, -0.15) is 15.5 Å². The molecule has 1 saturated heterocycles. The molecule has 0 radical (unpaired) electrons. The van der Waals surface area contributed by atoms with E-state index < -0.39 is 0 Å². The highest BCUT2D eigenvalue weighted by atomic mass is 35.5. The molecule has 4 aromatic rings. The number of amides is 1. The Kier molecular flexibility index (Phi) is 7.13. The quantitative estimate of drug-likeness (QED) is 0.370. The van der Waals surface area contributed by atoms with Gasteiger partial charge in [0.1, 0.15) is 16.8 Å². The van der Waals surface area contributed by atoms with Gasteiger partial charge in [0.05, 0.1) is 28.5 Å². The molecule has 4 heterocycles. The second-order valence-corrected chi connectivity index (χ2v) is 9.89. The van der Waals surface area contributed by atoms with Crippen molar-refractivity contribution in [3.8, 4) is 28.0 Å². The van der Waals surface area contributed by atoms with E-state index in [1.807, 2.05) is 36.0 Å². The molecule has 1 fully saturated rings. The number of aromatic nitrogens is 5. The van der Waals surface area contributed by atoms with Crippen LogP contribution in [0.2, 0.25) is 5.02 Å². The Morgan fingerprint density at radius 2 is 2.25 bits per heavy atom. The van der Waals surface area contributed by atoms with Crippen molar-refractivity contribution < 1.29 is 9.53 Å². The van der Waals surface area contributed by atoms with E-state index in [9.17, 15) is 4.79 Å². The molecule has 1 N–H and O–H groups in total. The molecule has 1 aliphatic heterocycles. The lowest BCUT2D eigenvalue weighted by molar-refractivity contribution is -0.0383. The number of ether oxygens (including phenoxy) is 1. The zero-order valence-corrected chi connectivity index (χ0v) is 21.2. The van der Waals surface area contributed by atoms with Crippen LogP contribution < -0.4 is 5.32 Å². The Morgan fingerprint density at radius 1 is 1.36 bits per heavy atom. The van der Waals surface area contributed by atoms with Gasteiger partial charge in [-0.1, -0.05) is 17.7 Å². The minimum absolute atomic E-state index is 0.0933. The van der Waals surface area contributed by atoms with Crippen LogP contribution in [0.25, 0.3) is 22.0 Å². The Bertz CT molecular complexity index is 1410. The largest absolute Gasteiger partial charge is 0.356 e. The molecule has 2 atom stereocenters. The summed E-state index contributed by atoms with van der Waals surface area (Å²) in [5, 5.41) is 23.9. The Hall–Kier alpha value is -3.52. The second-order valence-electron chi connectivity index (χ2n) is 8.62. The first-order chi connectivity index (χ1) is 17.5. The Balaban J connectivity index is 1.21. The van der Waals surface area contributed by atoms with Gasteiger partial charge in [-0.15, -0.1) is 11.3 Å². The van der Waals surface area contributed by atoms with Gasteiger partial charge < -0.3 is 10.1 Å². The topological polar surface area (TPSA) is 111 Å². The maximum atomic E-state index is 12.9. The molecular formula is C25H24ClN7O2S. The van der Waals surface area contributed by atoms with Crippen LogP contribution >= 0.6 is 22.9 Å². The molecule has 9 nitrogen and oxygen atoms in total. The van der Waals surface area contributed by atoms with Gasteiger partial charge in [0, 0.05) is 36.0 Å². The van der Waals surface area contributed by atoms with Gasteiger partial charge in [-0.25, -0.2) is 9.67 Å². The molecule has 0 aliphatic carbocycles. The van der Waals surface area contributed by atoms with Crippen LogP contribution in [-0.2, 0) is 11.3 Å². The fourth-order valence-corrected chi connectivity index (χ4v) is 5.17. The summed E-state index contributed by atoms with van der Waals surface area (Å²) in [6.45, 7) is 3.13. The van der Waals surface area contributed by atoms with Crippen molar-refractivity contribution >= 4 is 28.8 Å². The van der Waals surface area contributed by atoms with E-state index in [1.54, 1.807) is 28.4 Å². The summed E-state index contributed by atoms with van der Waals surface area (Å²) in [7, 11) is 0. The molecule has 1 unspecified atom stereocenters. The van der Waals surface area contributed by atoms with Crippen LogP contribution in [0, 0.1) is 11.3 Å². The van der Waals surface area contributed by atoms with Crippen molar-refractivity contribution in [2.75, 3.05) is 6.61 Å². The van der Waals surface area contributed by atoms with Crippen LogP contribution in [-0.4, -0.2) is 43.1 Å². The Labute approximate surface area is 217 Å². The molecule has 1 aliphatic rings. The number of thiazole rings is 1. The van der Waals surface area contributed by atoms with Crippen molar-refractivity contribution in [3.63, 3.8) is 0 Å². The highest BCUT2D eigenvalue weighted by molar-refractivity contribution is 7.13. The minimum Gasteiger partial charge on any atom is -0.356 e. The molecule has 0 saturated carbocycles. The van der Waals surface area contributed by atoms with Crippen LogP contribution in [0.15, 0.2) is 48.1 Å². The zero-order chi connectivity index (χ0) is 25.1. The van der Waals surface area contributed by atoms with Gasteiger partial charge in [0.2, 0.25) is 0 Å². The summed E-state index contributed by atoms with van der Waals surface area (Å²) in [6, 6.07) is 10.9. The highest BCUT2D eigenvalue weighted by Crippen LogP contribution is 2.30. The number of carbonyl (C=O) groups excluding carboxylic acids is 1. The zero-order valence-electron chi connectivity index (χ0n) is 19.6. The summed E-state index contributed by atoms with van der Waals surface area (Å²) >= 11 is 7.56. The van der Waals surface area contributed by atoms with Crippen molar-refractivity contribution in [3.05, 3.63) is 64.4 Å². The van der Waals surface area contributed by atoms with E-state index >= 15 is 0 Å². The van der Waals surface area contributed by atoms with E-state index in [0.29, 0.717) is 22.8 Å². The first kappa shape index (κ1) is 24.2. The van der Waals surface area contributed by atoms with Crippen molar-refractivity contribution in [1.29, 1.82) is 5.26 Å². The van der Waals surface area contributed by atoms with E-state index in [1.165, 1.54) is 11.3 Å². The van der Waals surface area contributed by atoms with Gasteiger partial charge >= 0.3 is 0 Å². The monoisotopic (exact) mass is 521 g/mol. The number of nitrogens with zero attached hydrogens (tertiary/aromatic N) is 6. The normalized spacial score (nSPS) is 16.4. The lowest BCUT2D eigenvalue weighted by Gasteiger charge is -2.24. The molecule has 36 heavy (non-hydrogen) atoms. The average Bonchev–Trinajstić information content (AvgIpc) is 3.65. The van der Waals surface area contributed by atoms with E-state index in [4.69, 9.17) is 21.6 Å². The maximum absolute atomic E-state index is 12.9. The lowest BCUT2D eigenvalue weighted by Crippen LogP contribution is -2.36. The molecule has 184 valence electrons. The summed E-state index contributed by atoms with van der Waals surface area (Å²) in [4.78, 5) is 17.4. The summed E-state index contributed by atoms with van der Waals surface area (Å²) in [5.41, 5.74) is 3.21. The van der Waals surface area contributed by atoms with Crippen LogP contribution in [0.4, 0.5) is 0 Å². The van der Waals surface area contributed by atoms with Gasteiger partial charge in [0.25, 0.3) is 5.91 Å². The molecule has 0 spiro atoms. The van der Waals surface area contributed by atoms with Gasteiger partial charge in [-0.3, -0.25) is 9.48 Å². The smallest absolute Gasteiger partial charge is 0.271 e. The number of halogens is 1. The van der Waals surface area contributed by atoms with E-state index in [0.717, 1.165) is 47.8 Å². The van der Waals surface area contributed by atoms with E-state index in [2.05, 4.69) is 26.6 Å². The van der Waals surface area contributed by atoms with Crippen LogP contribution in [0.1, 0.15) is 48.5 Å². The number of rotatable bonds is 7. The van der Waals surface area contributed by atoms with Crippen molar-refractivity contribution in [2.24, 2.45) is 0 Å². The summed E-state index contributed by atoms with van der Waals surface area (Å²) in [6.07, 6.45) is 6.57.